The fraction of sp³-hybridized carbons (Fsp3) is 0.533. The van der Waals surface area contributed by atoms with Crippen LogP contribution in [0.2, 0.25) is 0 Å². The van der Waals surface area contributed by atoms with Crippen LogP contribution in [0.15, 0.2) is 18.2 Å². The summed E-state index contributed by atoms with van der Waals surface area (Å²) in [7, 11) is 1.65. The normalized spacial score (nSPS) is 17.3. The van der Waals surface area contributed by atoms with Gasteiger partial charge in [-0.25, -0.2) is 0 Å². The third-order valence-electron chi connectivity index (χ3n) is 4.02. The van der Waals surface area contributed by atoms with Crippen LogP contribution in [0.25, 0.3) is 0 Å². The Balaban J connectivity index is 2.46. The van der Waals surface area contributed by atoms with Crippen LogP contribution in [-0.4, -0.2) is 18.2 Å². The molecule has 0 atom stereocenters. The van der Waals surface area contributed by atoms with Crippen molar-refractivity contribution in [2.24, 2.45) is 0 Å². The summed E-state index contributed by atoms with van der Waals surface area (Å²) in [6.07, 6.45) is 2.48. The Morgan fingerprint density at radius 3 is 2.44 bits per heavy atom. The zero-order chi connectivity index (χ0) is 13.3. The second-order valence-electron chi connectivity index (χ2n) is 5.35. The minimum atomic E-state index is -0.700. The number of methoxy groups -OCH3 is 1. The molecule has 1 aliphatic rings. The van der Waals surface area contributed by atoms with Crippen molar-refractivity contribution in [1.29, 1.82) is 0 Å². The van der Waals surface area contributed by atoms with Crippen LogP contribution in [0.1, 0.15) is 50.2 Å². The van der Waals surface area contributed by atoms with E-state index in [1.165, 1.54) is 0 Å². The van der Waals surface area contributed by atoms with Crippen LogP contribution in [0, 0.1) is 0 Å². The van der Waals surface area contributed by atoms with Gasteiger partial charge in [0.15, 0.2) is 0 Å². The molecule has 1 N–H and O–H groups in total. The first-order valence-corrected chi connectivity index (χ1v) is 6.43. The summed E-state index contributed by atoms with van der Waals surface area (Å²) in [5.41, 5.74) is 1.35. The number of aliphatic carboxylic acids is 1. The van der Waals surface area contributed by atoms with Gasteiger partial charge in [-0.1, -0.05) is 32.4 Å². The zero-order valence-corrected chi connectivity index (χ0v) is 11.2. The predicted octanol–water partition coefficient (Wildman–Crippen LogP) is 3.32. The smallest absolute Gasteiger partial charge is 0.314 e. The van der Waals surface area contributed by atoms with Crippen LogP contribution in [0.3, 0.4) is 0 Å². The SMILES string of the molecule is COc1ccc(C2(C(=O)O)CCC2)cc1C(C)C. The van der Waals surface area contributed by atoms with Crippen molar-refractivity contribution in [2.45, 2.75) is 44.4 Å². The number of rotatable bonds is 4. The third kappa shape index (κ3) is 1.88. The van der Waals surface area contributed by atoms with Crippen molar-refractivity contribution in [3.8, 4) is 5.75 Å². The maximum absolute atomic E-state index is 11.5. The maximum Gasteiger partial charge on any atom is 0.314 e. The Morgan fingerprint density at radius 1 is 1.39 bits per heavy atom. The van der Waals surface area contributed by atoms with E-state index in [1.54, 1.807) is 7.11 Å². The number of carboxylic acids is 1. The maximum atomic E-state index is 11.5. The highest BCUT2D eigenvalue weighted by Crippen LogP contribution is 2.45. The van der Waals surface area contributed by atoms with Gasteiger partial charge in [0, 0.05) is 0 Å². The summed E-state index contributed by atoms with van der Waals surface area (Å²) >= 11 is 0. The molecule has 0 bridgehead atoms. The standard InChI is InChI=1S/C15H20O3/c1-10(2)12-9-11(5-6-13(12)18-3)15(14(16)17)7-4-8-15/h5-6,9-10H,4,7-8H2,1-3H3,(H,16,17). The lowest BCUT2D eigenvalue weighted by Gasteiger charge is -2.38. The van der Waals surface area contributed by atoms with E-state index in [1.807, 2.05) is 18.2 Å². The third-order valence-corrected chi connectivity index (χ3v) is 4.02. The van der Waals surface area contributed by atoms with Gasteiger partial charge < -0.3 is 9.84 Å². The second kappa shape index (κ2) is 4.63. The molecule has 1 aromatic rings. The molecule has 0 spiro atoms. The van der Waals surface area contributed by atoms with Crippen LogP contribution in [-0.2, 0) is 10.2 Å². The molecule has 18 heavy (non-hydrogen) atoms. The van der Waals surface area contributed by atoms with Gasteiger partial charge in [0.2, 0.25) is 0 Å². The Hall–Kier alpha value is -1.51. The molecule has 1 saturated carbocycles. The van der Waals surface area contributed by atoms with Gasteiger partial charge in [-0.2, -0.15) is 0 Å². The Morgan fingerprint density at radius 2 is 2.06 bits per heavy atom. The first kappa shape index (κ1) is 12.9. The van der Waals surface area contributed by atoms with Crippen molar-refractivity contribution >= 4 is 5.97 Å². The van der Waals surface area contributed by atoms with Crippen molar-refractivity contribution in [1.82, 2.24) is 0 Å². The lowest BCUT2D eigenvalue weighted by atomic mass is 9.64. The quantitative estimate of drug-likeness (QED) is 0.889. The lowest BCUT2D eigenvalue weighted by molar-refractivity contribution is -0.147. The van der Waals surface area contributed by atoms with Crippen molar-refractivity contribution in [2.75, 3.05) is 7.11 Å². The summed E-state index contributed by atoms with van der Waals surface area (Å²) in [4.78, 5) is 11.5. The molecule has 3 heteroatoms. The minimum Gasteiger partial charge on any atom is -0.496 e. The summed E-state index contributed by atoms with van der Waals surface area (Å²) in [6.45, 7) is 4.19. The van der Waals surface area contributed by atoms with Crippen LogP contribution in [0.5, 0.6) is 5.75 Å². The van der Waals surface area contributed by atoms with E-state index >= 15 is 0 Å². The summed E-state index contributed by atoms with van der Waals surface area (Å²) in [5, 5.41) is 9.46. The topological polar surface area (TPSA) is 46.5 Å². The molecule has 0 aliphatic heterocycles. The van der Waals surface area contributed by atoms with Crippen LogP contribution >= 0.6 is 0 Å². The molecule has 1 aliphatic carbocycles. The molecule has 1 aromatic carbocycles. The highest BCUT2D eigenvalue weighted by molar-refractivity contribution is 5.82. The number of ether oxygens (including phenoxy) is 1. The van der Waals surface area contributed by atoms with Crippen molar-refractivity contribution < 1.29 is 14.6 Å². The van der Waals surface area contributed by atoms with E-state index < -0.39 is 11.4 Å². The lowest BCUT2D eigenvalue weighted by Crippen LogP contribution is -2.42. The number of hydrogen-bond acceptors (Lipinski definition) is 2. The van der Waals surface area contributed by atoms with Gasteiger partial charge in [-0.3, -0.25) is 4.79 Å². The highest BCUT2D eigenvalue weighted by Gasteiger charge is 2.46. The van der Waals surface area contributed by atoms with E-state index in [0.29, 0.717) is 5.92 Å². The zero-order valence-electron chi connectivity index (χ0n) is 11.2. The second-order valence-corrected chi connectivity index (χ2v) is 5.35. The average Bonchev–Trinajstić information content (AvgIpc) is 2.26. The first-order valence-electron chi connectivity index (χ1n) is 6.43. The van der Waals surface area contributed by atoms with Gasteiger partial charge in [-0.05, 0) is 36.0 Å². The fourth-order valence-electron chi connectivity index (χ4n) is 2.64. The minimum absolute atomic E-state index is 0.325. The van der Waals surface area contributed by atoms with Gasteiger partial charge in [0.05, 0.1) is 12.5 Å². The van der Waals surface area contributed by atoms with Crippen LogP contribution < -0.4 is 4.74 Å². The van der Waals surface area contributed by atoms with E-state index in [0.717, 1.165) is 36.1 Å². The summed E-state index contributed by atoms with van der Waals surface area (Å²) in [6, 6.07) is 5.81. The number of hydrogen-bond donors (Lipinski definition) is 1. The largest absolute Gasteiger partial charge is 0.496 e. The van der Waals surface area contributed by atoms with Gasteiger partial charge >= 0.3 is 5.97 Å². The predicted molar refractivity (Wildman–Crippen MR) is 70.2 cm³/mol. The molecule has 1 fully saturated rings. The van der Waals surface area contributed by atoms with Crippen LogP contribution in [0.4, 0.5) is 0 Å². The van der Waals surface area contributed by atoms with E-state index in [9.17, 15) is 9.90 Å². The number of carbonyl (C=O) groups is 1. The molecule has 98 valence electrons. The molecule has 0 saturated heterocycles. The Labute approximate surface area is 108 Å². The molecule has 0 radical (unpaired) electrons. The molecule has 0 amide bonds. The van der Waals surface area contributed by atoms with E-state index in [4.69, 9.17) is 4.74 Å². The van der Waals surface area contributed by atoms with Gasteiger partial charge in [-0.15, -0.1) is 0 Å². The summed E-state index contributed by atoms with van der Waals surface area (Å²) in [5.74, 6) is 0.466. The van der Waals surface area contributed by atoms with E-state index in [-0.39, 0.29) is 0 Å². The average molecular weight is 248 g/mol. The van der Waals surface area contributed by atoms with Crippen molar-refractivity contribution in [3.05, 3.63) is 29.3 Å². The molecule has 3 nitrogen and oxygen atoms in total. The molecule has 2 rings (SSSR count). The molecular weight excluding hydrogens is 228 g/mol. The van der Waals surface area contributed by atoms with E-state index in [2.05, 4.69) is 13.8 Å². The Kier molecular flexibility index (Phi) is 3.33. The Bertz CT molecular complexity index is 459. The number of benzene rings is 1. The molecule has 0 heterocycles. The monoisotopic (exact) mass is 248 g/mol. The van der Waals surface area contributed by atoms with Crippen molar-refractivity contribution in [3.63, 3.8) is 0 Å². The highest BCUT2D eigenvalue weighted by atomic mass is 16.5. The number of carboxylic acid groups (broad SMARTS) is 1. The van der Waals surface area contributed by atoms with Gasteiger partial charge in [0.1, 0.15) is 5.75 Å². The summed E-state index contributed by atoms with van der Waals surface area (Å²) < 4.78 is 5.34. The molecule has 0 aromatic heterocycles. The first-order chi connectivity index (χ1) is 8.51. The fourth-order valence-corrected chi connectivity index (χ4v) is 2.64. The molecular formula is C15H20O3. The molecule has 0 unspecified atom stereocenters. The van der Waals surface area contributed by atoms with Gasteiger partial charge in [0.25, 0.3) is 0 Å².